The minimum Gasteiger partial charge on any atom is -0.358 e. The highest BCUT2D eigenvalue weighted by Gasteiger charge is 2.41. The number of alkyl halides is 1. The number of aliphatic imine (C=N–C) groups is 1. The number of halogens is 1. The van der Waals surface area contributed by atoms with Crippen molar-refractivity contribution in [3.8, 4) is 0 Å². The topological polar surface area (TPSA) is 58.7 Å². The summed E-state index contributed by atoms with van der Waals surface area (Å²) in [6.07, 6.45) is -0.183. The number of hydrogen-bond donors (Lipinski definition) is 0. The molecule has 0 fully saturated rings. The highest BCUT2D eigenvalue weighted by atomic mass is 35.5. The fourth-order valence-corrected chi connectivity index (χ4v) is 1.66. The molecule has 0 spiro atoms. The molecule has 5 nitrogen and oxygen atoms in total. The van der Waals surface area contributed by atoms with Crippen molar-refractivity contribution in [2.24, 2.45) is 4.99 Å². The minimum atomic E-state index is -0.681. The van der Waals surface area contributed by atoms with Gasteiger partial charge in [0.2, 0.25) is 0 Å². The van der Waals surface area contributed by atoms with Crippen LogP contribution in [0.15, 0.2) is 4.99 Å². The van der Waals surface area contributed by atoms with Gasteiger partial charge in [-0.1, -0.05) is 23.5 Å². The smallest absolute Gasteiger partial charge is 0.358 e. The lowest BCUT2D eigenvalue weighted by Gasteiger charge is -2.16. The average molecular weight is 192 g/mol. The molecule has 0 N–H and O–H groups in total. The molecule has 0 aliphatic carbocycles. The molecule has 0 radical (unpaired) electrons. The third kappa shape index (κ3) is 1.42. The molecule has 6 heteroatoms. The van der Waals surface area contributed by atoms with Crippen molar-refractivity contribution in [3.05, 3.63) is 10.1 Å². The molecule has 0 unspecified atom stereocenters. The summed E-state index contributed by atoms with van der Waals surface area (Å²) in [7, 11) is 0. The Kier molecular flexibility index (Phi) is 2.64. The Balaban J connectivity index is 2.81. The first-order valence-electron chi connectivity index (χ1n) is 3.69. The first-order valence-corrected chi connectivity index (χ1v) is 4.13. The predicted molar refractivity (Wildman–Crippen MR) is 45.9 cm³/mol. The number of likely N-dealkylation sites (N-methyl/N-ethyl adjacent to an activating group) is 1. The lowest BCUT2D eigenvalue weighted by atomic mass is 10.4. The van der Waals surface area contributed by atoms with Gasteiger partial charge in [0.05, 0.1) is 0 Å². The number of nitro groups is 1. The summed E-state index contributed by atoms with van der Waals surface area (Å²) in [6.45, 7) is 4.34. The molecule has 1 aliphatic heterocycles. The molecule has 0 aromatic heterocycles. The van der Waals surface area contributed by atoms with Crippen LogP contribution in [-0.4, -0.2) is 33.9 Å². The molecular weight excluding hydrogens is 182 g/mol. The quantitative estimate of drug-likeness (QED) is 0.268. The van der Waals surface area contributed by atoms with Crippen LogP contribution < -0.4 is 0 Å². The van der Waals surface area contributed by atoms with Crippen LogP contribution in [0.25, 0.3) is 0 Å². The molecule has 12 heavy (non-hydrogen) atoms. The highest BCUT2D eigenvalue weighted by molar-refractivity contribution is 6.30. The van der Waals surface area contributed by atoms with E-state index in [0.717, 1.165) is 0 Å². The van der Waals surface area contributed by atoms with E-state index in [2.05, 4.69) is 4.99 Å². The van der Waals surface area contributed by atoms with E-state index in [4.69, 9.17) is 11.6 Å². The maximum atomic E-state index is 10.4. The SMILES string of the molecule is CCN1[C@@H](C)N=C([N+](=O)[O-])[C@@H]1Cl. The molecule has 2 atom stereocenters. The molecule has 1 rings (SSSR count). The first-order chi connectivity index (χ1) is 5.57. The van der Waals surface area contributed by atoms with Gasteiger partial charge in [0, 0.05) is 6.54 Å². The number of nitrogens with zero attached hydrogens (tertiary/aromatic N) is 3. The van der Waals surface area contributed by atoms with Gasteiger partial charge in [-0.25, -0.2) is 4.90 Å². The second-order valence-electron chi connectivity index (χ2n) is 2.54. The molecule has 0 bridgehead atoms. The van der Waals surface area contributed by atoms with Crippen LogP contribution in [0.5, 0.6) is 0 Å². The lowest BCUT2D eigenvalue weighted by Crippen LogP contribution is -2.36. The van der Waals surface area contributed by atoms with Crippen molar-refractivity contribution in [1.82, 2.24) is 4.90 Å². The molecule has 0 aromatic carbocycles. The minimum absolute atomic E-state index is 0.147. The number of hydrogen-bond acceptors (Lipinski definition) is 4. The van der Waals surface area contributed by atoms with Crippen molar-refractivity contribution < 1.29 is 4.92 Å². The monoisotopic (exact) mass is 191 g/mol. The third-order valence-electron chi connectivity index (χ3n) is 1.86. The standard InChI is InChI=1S/C6H10ClN3O2/c1-3-9-4(2)8-6(5(9)7)10(11)12/h4-5H,3H2,1-2H3/t4-,5+/m0/s1. The fourth-order valence-electron chi connectivity index (χ4n) is 1.22. The number of amidine groups is 1. The number of rotatable bonds is 1. The van der Waals surface area contributed by atoms with Gasteiger partial charge in [0.15, 0.2) is 11.7 Å². The Morgan fingerprint density at radius 3 is 2.67 bits per heavy atom. The summed E-state index contributed by atoms with van der Waals surface area (Å²) >= 11 is 5.79. The van der Waals surface area contributed by atoms with Crippen molar-refractivity contribution in [2.75, 3.05) is 6.54 Å². The summed E-state index contributed by atoms with van der Waals surface area (Å²) < 4.78 is 0. The normalized spacial score (nSPS) is 30.4. The van der Waals surface area contributed by atoms with Crippen molar-refractivity contribution in [3.63, 3.8) is 0 Å². The van der Waals surface area contributed by atoms with Gasteiger partial charge in [-0.15, -0.1) is 0 Å². The highest BCUT2D eigenvalue weighted by Crippen LogP contribution is 2.19. The lowest BCUT2D eigenvalue weighted by molar-refractivity contribution is -0.353. The van der Waals surface area contributed by atoms with Crippen molar-refractivity contribution in [2.45, 2.75) is 25.5 Å². The zero-order valence-corrected chi connectivity index (χ0v) is 7.65. The van der Waals surface area contributed by atoms with E-state index in [9.17, 15) is 10.1 Å². The van der Waals surface area contributed by atoms with Crippen molar-refractivity contribution >= 4 is 17.4 Å². The van der Waals surface area contributed by atoms with E-state index >= 15 is 0 Å². The summed E-state index contributed by atoms with van der Waals surface area (Å²) in [5, 5.41) is 10.4. The Labute approximate surface area is 75.2 Å². The third-order valence-corrected chi connectivity index (χ3v) is 2.30. The zero-order chi connectivity index (χ0) is 9.30. The van der Waals surface area contributed by atoms with Crippen LogP contribution in [0.3, 0.4) is 0 Å². The van der Waals surface area contributed by atoms with Gasteiger partial charge in [-0.3, -0.25) is 0 Å². The van der Waals surface area contributed by atoms with Crippen LogP contribution in [-0.2, 0) is 0 Å². The van der Waals surface area contributed by atoms with Gasteiger partial charge in [0.25, 0.3) is 0 Å². The van der Waals surface area contributed by atoms with Gasteiger partial charge < -0.3 is 10.1 Å². The Hall–Kier alpha value is -0.680. The van der Waals surface area contributed by atoms with Crippen molar-refractivity contribution in [1.29, 1.82) is 0 Å². The van der Waals surface area contributed by atoms with E-state index < -0.39 is 10.4 Å². The van der Waals surface area contributed by atoms with Crippen LogP contribution in [0.4, 0.5) is 0 Å². The van der Waals surface area contributed by atoms with E-state index in [1.165, 1.54) is 0 Å². The molecule has 1 aliphatic rings. The molecule has 68 valence electrons. The molecular formula is C6H10ClN3O2. The molecule has 0 saturated carbocycles. The molecule has 0 saturated heterocycles. The fraction of sp³-hybridized carbons (Fsp3) is 0.833. The van der Waals surface area contributed by atoms with Crippen LogP contribution in [0, 0.1) is 10.1 Å². The van der Waals surface area contributed by atoms with Crippen LogP contribution >= 0.6 is 11.6 Å². The maximum absolute atomic E-state index is 10.4. The van der Waals surface area contributed by atoms with E-state index in [1.54, 1.807) is 11.8 Å². The predicted octanol–water partition coefficient (Wildman–Crippen LogP) is 0.908. The van der Waals surface area contributed by atoms with E-state index in [0.29, 0.717) is 6.54 Å². The second-order valence-corrected chi connectivity index (χ2v) is 2.96. The molecule has 0 amide bonds. The van der Waals surface area contributed by atoms with Crippen LogP contribution in [0.2, 0.25) is 0 Å². The Bertz CT molecular complexity index is 231. The summed E-state index contributed by atoms with van der Waals surface area (Å²) in [5.41, 5.74) is -0.681. The Morgan fingerprint density at radius 1 is 1.83 bits per heavy atom. The van der Waals surface area contributed by atoms with Gasteiger partial charge in [0.1, 0.15) is 0 Å². The molecule has 1 heterocycles. The molecule has 0 aromatic rings. The summed E-state index contributed by atoms with van der Waals surface area (Å²) in [6, 6.07) is 0. The summed E-state index contributed by atoms with van der Waals surface area (Å²) in [5.74, 6) is -0.147. The van der Waals surface area contributed by atoms with Gasteiger partial charge in [-0.05, 0) is 11.8 Å². The second kappa shape index (κ2) is 3.37. The Morgan fingerprint density at radius 2 is 2.42 bits per heavy atom. The maximum Gasteiger partial charge on any atom is 0.367 e. The van der Waals surface area contributed by atoms with Gasteiger partial charge >= 0.3 is 5.84 Å². The first kappa shape index (κ1) is 9.41. The summed E-state index contributed by atoms with van der Waals surface area (Å²) in [4.78, 5) is 15.4. The largest absolute Gasteiger partial charge is 0.367 e. The average Bonchev–Trinajstić information content (AvgIpc) is 2.27. The van der Waals surface area contributed by atoms with E-state index in [-0.39, 0.29) is 12.0 Å². The van der Waals surface area contributed by atoms with Crippen LogP contribution in [0.1, 0.15) is 13.8 Å². The zero-order valence-electron chi connectivity index (χ0n) is 6.90. The van der Waals surface area contributed by atoms with Gasteiger partial charge in [-0.2, -0.15) is 0 Å². The van der Waals surface area contributed by atoms with E-state index in [1.807, 2.05) is 6.92 Å².